The van der Waals surface area contributed by atoms with E-state index in [9.17, 15) is 23.1 Å². The van der Waals surface area contributed by atoms with Crippen LogP contribution in [-0.2, 0) is 31.5 Å². The molecule has 6 nitrogen and oxygen atoms in total. The highest BCUT2D eigenvalue weighted by Crippen LogP contribution is 2.17. The van der Waals surface area contributed by atoms with Gasteiger partial charge >= 0.3 is 11.9 Å². The van der Waals surface area contributed by atoms with Gasteiger partial charge in [0.05, 0.1) is 30.1 Å². The van der Waals surface area contributed by atoms with Crippen molar-refractivity contribution in [3.8, 4) is 0 Å². The molecule has 0 unspecified atom stereocenters. The van der Waals surface area contributed by atoms with Crippen LogP contribution in [0.1, 0.15) is 34.3 Å². The molecule has 0 aliphatic carbocycles. The van der Waals surface area contributed by atoms with E-state index in [-0.39, 0.29) is 17.7 Å². The minimum atomic E-state index is -3.66. The smallest absolute Gasteiger partial charge is 0.337 e. The number of methoxy groups -OCH3 is 1. The SMILES string of the molecule is COC(=O)c1cccc(CS(=O)(=O)C[C@H](CCCc2ccccc2)C(=O)O)c1. The quantitative estimate of drug-likeness (QED) is 0.611. The maximum absolute atomic E-state index is 12.5. The van der Waals surface area contributed by atoms with E-state index in [2.05, 4.69) is 4.74 Å². The van der Waals surface area contributed by atoms with E-state index in [0.29, 0.717) is 18.4 Å². The van der Waals surface area contributed by atoms with Crippen molar-refractivity contribution in [1.82, 2.24) is 0 Å². The van der Waals surface area contributed by atoms with Gasteiger partial charge in [0.25, 0.3) is 0 Å². The number of aliphatic carboxylic acids is 1. The lowest BCUT2D eigenvalue weighted by molar-refractivity contribution is -0.141. The fourth-order valence-corrected chi connectivity index (χ4v) is 4.73. The number of hydrogen-bond acceptors (Lipinski definition) is 5. The first-order valence-electron chi connectivity index (χ1n) is 8.95. The summed E-state index contributed by atoms with van der Waals surface area (Å²) in [6, 6.07) is 15.8. The third-order valence-corrected chi connectivity index (χ3v) is 6.08. The molecule has 28 heavy (non-hydrogen) atoms. The molecule has 0 bridgehead atoms. The lowest BCUT2D eigenvalue weighted by Gasteiger charge is -2.13. The Bertz CT molecular complexity index is 906. The second kappa shape index (κ2) is 10.0. The molecule has 0 amide bonds. The first-order chi connectivity index (χ1) is 13.3. The van der Waals surface area contributed by atoms with Crippen LogP contribution in [0.4, 0.5) is 0 Å². The number of carboxylic acid groups (broad SMARTS) is 1. The van der Waals surface area contributed by atoms with Crippen LogP contribution in [0.15, 0.2) is 54.6 Å². The minimum Gasteiger partial charge on any atom is -0.481 e. The van der Waals surface area contributed by atoms with Crippen molar-refractivity contribution in [3.05, 3.63) is 71.3 Å². The van der Waals surface area contributed by atoms with E-state index in [4.69, 9.17) is 0 Å². The molecule has 1 atom stereocenters. The van der Waals surface area contributed by atoms with Gasteiger partial charge in [-0.3, -0.25) is 4.79 Å². The van der Waals surface area contributed by atoms with Gasteiger partial charge in [-0.1, -0.05) is 42.5 Å². The van der Waals surface area contributed by atoms with Gasteiger partial charge in [0.1, 0.15) is 0 Å². The zero-order valence-electron chi connectivity index (χ0n) is 15.7. The third kappa shape index (κ3) is 6.81. The van der Waals surface area contributed by atoms with Crippen molar-refractivity contribution in [2.45, 2.75) is 25.0 Å². The van der Waals surface area contributed by atoms with Crippen molar-refractivity contribution in [3.63, 3.8) is 0 Å². The van der Waals surface area contributed by atoms with Gasteiger partial charge < -0.3 is 9.84 Å². The molecular weight excluding hydrogens is 380 g/mol. The number of esters is 1. The summed E-state index contributed by atoms with van der Waals surface area (Å²) in [5.74, 6) is -3.37. The Hall–Kier alpha value is -2.67. The normalized spacial score (nSPS) is 12.3. The van der Waals surface area contributed by atoms with E-state index >= 15 is 0 Å². The summed E-state index contributed by atoms with van der Waals surface area (Å²) in [5, 5.41) is 9.42. The molecule has 0 aliphatic heterocycles. The lowest BCUT2D eigenvalue weighted by Crippen LogP contribution is -2.25. The second-order valence-electron chi connectivity index (χ2n) is 6.66. The van der Waals surface area contributed by atoms with Crippen molar-refractivity contribution >= 4 is 21.8 Å². The largest absolute Gasteiger partial charge is 0.481 e. The van der Waals surface area contributed by atoms with Crippen LogP contribution in [0, 0.1) is 5.92 Å². The number of sulfone groups is 1. The van der Waals surface area contributed by atoms with Gasteiger partial charge in [-0.05, 0) is 42.5 Å². The maximum atomic E-state index is 12.5. The number of carbonyl (C=O) groups excluding carboxylic acids is 1. The molecule has 0 saturated carbocycles. The summed E-state index contributed by atoms with van der Waals surface area (Å²) >= 11 is 0. The first kappa shape index (κ1) is 21.6. The summed E-state index contributed by atoms with van der Waals surface area (Å²) in [6.07, 6.45) is 1.58. The Morgan fingerprint density at radius 2 is 1.71 bits per heavy atom. The van der Waals surface area contributed by atoms with Gasteiger partial charge in [-0.2, -0.15) is 0 Å². The van der Waals surface area contributed by atoms with Crippen LogP contribution in [-0.4, -0.2) is 38.3 Å². The minimum absolute atomic E-state index is 0.257. The first-order valence-corrected chi connectivity index (χ1v) is 10.8. The summed E-state index contributed by atoms with van der Waals surface area (Å²) < 4.78 is 29.7. The van der Waals surface area contributed by atoms with Crippen molar-refractivity contribution < 1.29 is 27.9 Å². The van der Waals surface area contributed by atoms with Crippen LogP contribution >= 0.6 is 0 Å². The Morgan fingerprint density at radius 1 is 1.04 bits per heavy atom. The number of aryl methyl sites for hydroxylation is 1. The van der Waals surface area contributed by atoms with Gasteiger partial charge in [0.15, 0.2) is 9.84 Å². The second-order valence-corrected chi connectivity index (χ2v) is 8.77. The van der Waals surface area contributed by atoms with Crippen molar-refractivity contribution in [2.24, 2.45) is 5.92 Å². The van der Waals surface area contributed by atoms with E-state index in [1.807, 2.05) is 30.3 Å². The zero-order chi connectivity index (χ0) is 20.6. The highest BCUT2D eigenvalue weighted by atomic mass is 32.2. The Kier molecular flexibility index (Phi) is 7.75. The van der Waals surface area contributed by atoms with E-state index in [1.165, 1.54) is 19.2 Å². The predicted octanol–water partition coefficient (Wildman–Crippen LogP) is 3.11. The fourth-order valence-electron chi connectivity index (χ4n) is 3.00. The number of rotatable bonds is 10. The Morgan fingerprint density at radius 3 is 2.36 bits per heavy atom. The molecule has 0 fully saturated rings. The maximum Gasteiger partial charge on any atom is 0.337 e. The standard InChI is InChI=1S/C21H24O6S/c1-27-21(24)18-11-6-10-17(13-18)14-28(25,26)15-19(20(22)23)12-5-9-16-7-3-2-4-8-16/h2-4,6-8,10-11,13,19H,5,9,12,14-15H2,1H3,(H,22,23)/t19-/m0/s1. The van der Waals surface area contributed by atoms with Gasteiger partial charge in [0.2, 0.25) is 0 Å². The Labute approximate surface area is 165 Å². The van der Waals surface area contributed by atoms with Crippen molar-refractivity contribution in [2.75, 3.05) is 12.9 Å². The highest BCUT2D eigenvalue weighted by Gasteiger charge is 2.25. The molecule has 0 aromatic heterocycles. The average molecular weight is 404 g/mol. The lowest BCUT2D eigenvalue weighted by atomic mass is 10.0. The summed E-state index contributed by atoms with van der Waals surface area (Å²) in [7, 11) is -2.41. The molecule has 2 rings (SSSR count). The molecule has 2 aromatic rings. The summed E-state index contributed by atoms with van der Waals surface area (Å²) in [4.78, 5) is 23.1. The monoisotopic (exact) mass is 404 g/mol. The summed E-state index contributed by atoms with van der Waals surface area (Å²) in [6.45, 7) is 0. The van der Waals surface area contributed by atoms with Crippen LogP contribution in [0.3, 0.4) is 0 Å². The van der Waals surface area contributed by atoms with Gasteiger partial charge in [0, 0.05) is 0 Å². The average Bonchev–Trinajstić information content (AvgIpc) is 2.67. The molecule has 1 N–H and O–H groups in total. The van der Waals surface area contributed by atoms with Gasteiger partial charge in [-0.15, -0.1) is 0 Å². The molecule has 150 valence electrons. The summed E-state index contributed by atoms with van der Waals surface area (Å²) in [5.41, 5.74) is 1.78. The molecule has 0 heterocycles. The van der Waals surface area contributed by atoms with E-state index in [1.54, 1.807) is 12.1 Å². The fraction of sp³-hybridized carbons (Fsp3) is 0.333. The van der Waals surface area contributed by atoms with Gasteiger partial charge in [-0.25, -0.2) is 13.2 Å². The highest BCUT2D eigenvalue weighted by molar-refractivity contribution is 7.90. The van der Waals surface area contributed by atoms with Crippen LogP contribution in [0.25, 0.3) is 0 Å². The number of ether oxygens (including phenoxy) is 1. The van der Waals surface area contributed by atoms with Crippen molar-refractivity contribution in [1.29, 1.82) is 0 Å². The number of benzene rings is 2. The van der Waals surface area contributed by atoms with Crippen LogP contribution in [0.2, 0.25) is 0 Å². The van der Waals surface area contributed by atoms with Crippen LogP contribution in [0.5, 0.6) is 0 Å². The van der Waals surface area contributed by atoms with E-state index < -0.39 is 33.4 Å². The zero-order valence-corrected chi connectivity index (χ0v) is 16.5. The molecular formula is C21H24O6S. The topological polar surface area (TPSA) is 97.7 Å². The molecule has 7 heteroatoms. The Balaban J connectivity index is 1.99. The third-order valence-electron chi connectivity index (χ3n) is 4.40. The number of hydrogen-bond donors (Lipinski definition) is 1. The molecule has 0 radical (unpaired) electrons. The number of carboxylic acids is 1. The predicted molar refractivity (Wildman–Crippen MR) is 106 cm³/mol. The molecule has 0 saturated heterocycles. The molecule has 0 aliphatic rings. The van der Waals surface area contributed by atoms with Crippen LogP contribution < -0.4 is 0 Å². The van der Waals surface area contributed by atoms with E-state index in [0.717, 1.165) is 5.56 Å². The molecule has 0 spiro atoms. The number of carbonyl (C=O) groups is 2. The molecule has 2 aromatic carbocycles.